The summed E-state index contributed by atoms with van der Waals surface area (Å²) >= 11 is 0. The van der Waals surface area contributed by atoms with Crippen LogP contribution in [0.15, 0.2) is 0 Å². The van der Waals surface area contributed by atoms with Gasteiger partial charge >= 0.3 is 0 Å². The summed E-state index contributed by atoms with van der Waals surface area (Å²) in [6, 6.07) is -0.157. The molecule has 2 fully saturated rings. The van der Waals surface area contributed by atoms with E-state index in [1.54, 1.807) is 11.9 Å². The molecule has 98 valence electrons. The second-order valence-electron chi connectivity index (χ2n) is 4.51. The van der Waals surface area contributed by atoms with E-state index in [0.717, 1.165) is 0 Å². The summed E-state index contributed by atoms with van der Waals surface area (Å²) in [6.07, 6.45) is 0.0809. The maximum atomic E-state index is 12.1. The number of nitrogens with zero attached hydrogens (tertiary/aromatic N) is 1. The van der Waals surface area contributed by atoms with E-state index in [1.807, 2.05) is 0 Å². The van der Waals surface area contributed by atoms with Gasteiger partial charge in [-0.05, 0) is 13.5 Å². The van der Waals surface area contributed by atoms with Crippen LogP contribution in [0.3, 0.4) is 0 Å². The van der Waals surface area contributed by atoms with Crippen molar-refractivity contribution in [3.05, 3.63) is 0 Å². The van der Waals surface area contributed by atoms with Gasteiger partial charge in [0.05, 0.1) is 18.1 Å². The molecule has 7 heteroatoms. The van der Waals surface area contributed by atoms with Crippen molar-refractivity contribution in [3.63, 3.8) is 0 Å². The number of carbonyl (C=O) groups is 1. The number of carbonyl (C=O) groups excluding carboxylic acids is 1. The maximum Gasteiger partial charge on any atom is 0.253 e. The first-order valence-corrected chi connectivity index (χ1v) is 7.63. The lowest BCUT2D eigenvalue weighted by atomic mass is 10.1. The summed E-state index contributed by atoms with van der Waals surface area (Å²) < 4.78 is 28.2. The van der Waals surface area contributed by atoms with Crippen molar-refractivity contribution >= 4 is 15.7 Å². The molecule has 2 unspecified atom stereocenters. The van der Waals surface area contributed by atoms with Gasteiger partial charge in [0, 0.05) is 19.1 Å². The van der Waals surface area contributed by atoms with Crippen molar-refractivity contribution in [3.8, 4) is 0 Å². The number of sulfone groups is 1. The van der Waals surface area contributed by atoms with E-state index in [-0.39, 0.29) is 23.5 Å². The largest absolute Gasteiger partial charge is 0.365 e. The molecule has 2 atom stereocenters. The average molecular weight is 262 g/mol. The molecule has 0 spiro atoms. The fourth-order valence-electron chi connectivity index (χ4n) is 2.38. The Labute approximate surface area is 101 Å². The quantitative estimate of drug-likeness (QED) is 0.678. The molecular formula is C10H18N2O4S. The van der Waals surface area contributed by atoms with Gasteiger partial charge in [-0.15, -0.1) is 0 Å². The van der Waals surface area contributed by atoms with Gasteiger partial charge in [0.25, 0.3) is 5.91 Å². The minimum absolute atomic E-state index is 0.0901. The number of amides is 1. The SMILES string of the molecule is CNCC1OCCN(C2CCS(=O)(=O)C2)C1=O. The fraction of sp³-hybridized carbons (Fsp3) is 0.900. The first kappa shape index (κ1) is 12.8. The molecule has 0 radical (unpaired) electrons. The van der Waals surface area contributed by atoms with Gasteiger partial charge in [0.2, 0.25) is 0 Å². The molecular weight excluding hydrogens is 244 g/mol. The Morgan fingerprint density at radius 1 is 1.53 bits per heavy atom. The second kappa shape index (κ2) is 4.91. The van der Waals surface area contributed by atoms with Crippen molar-refractivity contribution < 1.29 is 17.9 Å². The number of rotatable bonds is 3. The smallest absolute Gasteiger partial charge is 0.253 e. The van der Waals surface area contributed by atoms with E-state index in [0.29, 0.717) is 26.1 Å². The summed E-state index contributed by atoms with van der Waals surface area (Å²) in [5, 5.41) is 2.90. The summed E-state index contributed by atoms with van der Waals surface area (Å²) in [5.41, 5.74) is 0. The molecule has 2 rings (SSSR count). The Balaban J connectivity index is 2.03. The van der Waals surface area contributed by atoms with Crippen LogP contribution >= 0.6 is 0 Å². The van der Waals surface area contributed by atoms with Gasteiger partial charge < -0.3 is 15.0 Å². The van der Waals surface area contributed by atoms with Gasteiger partial charge in [-0.2, -0.15) is 0 Å². The van der Waals surface area contributed by atoms with E-state index in [9.17, 15) is 13.2 Å². The highest BCUT2D eigenvalue weighted by molar-refractivity contribution is 7.91. The third-order valence-electron chi connectivity index (χ3n) is 3.25. The van der Waals surface area contributed by atoms with Gasteiger partial charge in [0.1, 0.15) is 6.10 Å². The van der Waals surface area contributed by atoms with Crippen molar-refractivity contribution in [2.75, 3.05) is 38.2 Å². The minimum Gasteiger partial charge on any atom is -0.365 e. The highest BCUT2D eigenvalue weighted by Crippen LogP contribution is 2.20. The van der Waals surface area contributed by atoms with E-state index in [4.69, 9.17) is 4.74 Å². The molecule has 0 aromatic rings. The minimum atomic E-state index is -2.95. The van der Waals surface area contributed by atoms with Gasteiger partial charge in [-0.1, -0.05) is 0 Å². The number of ether oxygens (including phenoxy) is 1. The molecule has 0 aromatic carbocycles. The number of hydrogen-bond acceptors (Lipinski definition) is 5. The summed E-state index contributed by atoms with van der Waals surface area (Å²) in [5.74, 6) is 0.206. The number of morpholine rings is 1. The molecule has 1 amide bonds. The predicted octanol–water partition coefficient (Wildman–Crippen LogP) is -1.38. The Hall–Kier alpha value is -0.660. The van der Waals surface area contributed by atoms with Gasteiger partial charge in [0.15, 0.2) is 9.84 Å². The van der Waals surface area contributed by atoms with Crippen molar-refractivity contribution in [1.82, 2.24) is 10.2 Å². The third kappa shape index (κ3) is 2.78. The molecule has 0 aliphatic carbocycles. The Morgan fingerprint density at radius 2 is 2.29 bits per heavy atom. The zero-order chi connectivity index (χ0) is 12.5. The molecule has 17 heavy (non-hydrogen) atoms. The van der Waals surface area contributed by atoms with Crippen LogP contribution < -0.4 is 5.32 Å². The highest BCUT2D eigenvalue weighted by atomic mass is 32.2. The number of nitrogens with one attached hydrogen (secondary N) is 1. The zero-order valence-electron chi connectivity index (χ0n) is 9.89. The van der Waals surface area contributed by atoms with Gasteiger partial charge in [-0.3, -0.25) is 4.79 Å². The van der Waals surface area contributed by atoms with E-state index in [1.165, 1.54) is 0 Å². The van der Waals surface area contributed by atoms with Crippen LogP contribution in [0.5, 0.6) is 0 Å². The lowest BCUT2D eigenvalue weighted by Gasteiger charge is -2.35. The van der Waals surface area contributed by atoms with Crippen LogP contribution in [0.2, 0.25) is 0 Å². The Morgan fingerprint density at radius 3 is 2.88 bits per heavy atom. The molecule has 2 aliphatic heterocycles. The molecule has 1 N–H and O–H groups in total. The lowest BCUT2D eigenvalue weighted by Crippen LogP contribution is -2.54. The molecule has 0 saturated carbocycles. The van der Waals surface area contributed by atoms with Crippen molar-refractivity contribution in [2.24, 2.45) is 0 Å². The summed E-state index contributed by atoms with van der Waals surface area (Å²) in [4.78, 5) is 13.8. The standard InChI is InChI=1S/C10H18N2O4S/c1-11-6-9-10(13)12(3-4-16-9)8-2-5-17(14,15)7-8/h8-9,11H,2-7H2,1H3. The Kier molecular flexibility index (Phi) is 3.70. The summed E-state index contributed by atoms with van der Waals surface area (Å²) in [7, 11) is -1.19. The van der Waals surface area contributed by atoms with E-state index < -0.39 is 15.9 Å². The monoisotopic (exact) mass is 262 g/mol. The average Bonchev–Trinajstić information content (AvgIpc) is 2.62. The predicted molar refractivity (Wildman–Crippen MR) is 62.4 cm³/mol. The van der Waals surface area contributed by atoms with E-state index >= 15 is 0 Å². The van der Waals surface area contributed by atoms with Crippen LogP contribution in [0.1, 0.15) is 6.42 Å². The summed E-state index contributed by atoms with van der Waals surface area (Å²) in [6.45, 7) is 1.45. The van der Waals surface area contributed by atoms with Crippen LogP contribution in [0.4, 0.5) is 0 Å². The Bertz CT molecular complexity index is 393. The normalized spacial score (nSPS) is 33.0. The second-order valence-corrected chi connectivity index (χ2v) is 6.73. The molecule has 0 bridgehead atoms. The van der Waals surface area contributed by atoms with Crippen LogP contribution in [0, 0.1) is 0 Å². The first-order chi connectivity index (χ1) is 8.03. The molecule has 0 aromatic heterocycles. The third-order valence-corrected chi connectivity index (χ3v) is 5.00. The van der Waals surface area contributed by atoms with E-state index in [2.05, 4.69) is 5.32 Å². The van der Waals surface area contributed by atoms with Crippen LogP contribution in [0.25, 0.3) is 0 Å². The first-order valence-electron chi connectivity index (χ1n) is 5.80. The molecule has 2 heterocycles. The van der Waals surface area contributed by atoms with Crippen molar-refractivity contribution in [1.29, 1.82) is 0 Å². The molecule has 2 aliphatic rings. The maximum absolute atomic E-state index is 12.1. The van der Waals surface area contributed by atoms with Crippen LogP contribution in [-0.2, 0) is 19.4 Å². The van der Waals surface area contributed by atoms with Gasteiger partial charge in [-0.25, -0.2) is 8.42 Å². The number of likely N-dealkylation sites (N-methyl/N-ethyl adjacent to an activating group) is 1. The highest BCUT2D eigenvalue weighted by Gasteiger charge is 2.38. The zero-order valence-corrected chi connectivity index (χ0v) is 10.7. The fourth-order valence-corrected chi connectivity index (χ4v) is 4.11. The number of hydrogen-bond donors (Lipinski definition) is 1. The van der Waals surface area contributed by atoms with Crippen LogP contribution in [-0.4, -0.2) is 69.6 Å². The van der Waals surface area contributed by atoms with Crippen molar-refractivity contribution in [2.45, 2.75) is 18.6 Å². The topological polar surface area (TPSA) is 75.7 Å². The lowest BCUT2D eigenvalue weighted by molar-refractivity contribution is -0.154. The molecule has 6 nitrogen and oxygen atoms in total. The molecule has 2 saturated heterocycles.